The van der Waals surface area contributed by atoms with E-state index in [1.54, 1.807) is 28.0 Å². The molecule has 0 atom stereocenters. The summed E-state index contributed by atoms with van der Waals surface area (Å²) in [7, 11) is 0. The summed E-state index contributed by atoms with van der Waals surface area (Å²) in [6, 6.07) is 20.4. The number of hydrogen-bond acceptors (Lipinski definition) is 6. The van der Waals surface area contributed by atoms with Gasteiger partial charge in [0.1, 0.15) is 0 Å². The monoisotopic (exact) mass is 539 g/mol. The third-order valence-corrected chi connectivity index (χ3v) is 9.34. The number of thioether (sulfide) groups is 1. The Balaban J connectivity index is 1.30. The lowest BCUT2D eigenvalue weighted by molar-refractivity contribution is -0.122. The number of aliphatic imine (C=N–C) groups is 1. The van der Waals surface area contributed by atoms with E-state index >= 15 is 0 Å². The van der Waals surface area contributed by atoms with Gasteiger partial charge in [0.05, 0.1) is 14.8 Å². The zero-order chi connectivity index (χ0) is 24.2. The molecule has 180 valence electrons. The minimum absolute atomic E-state index is 0.0153. The Kier molecular flexibility index (Phi) is 7.88. The van der Waals surface area contributed by atoms with E-state index in [4.69, 9.17) is 16.6 Å². The number of thiophene rings is 1. The number of likely N-dealkylation sites (N-methyl/N-ethyl adjacent to an activating group) is 1. The van der Waals surface area contributed by atoms with Crippen molar-refractivity contribution in [3.05, 3.63) is 75.5 Å². The molecule has 0 N–H and O–H groups in total. The molecule has 2 fully saturated rings. The molecule has 0 spiro atoms. The van der Waals surface area contributed by atoms with Crippen LogP contribution in [0, 0.1) is 0 Å². The second kappa shape index (κ2) is 11.2. The molecule has 0 bridgehead atoms. The number of rotatable bonds is 6. The maximum Gasteiger partial charge on any atom is 0.266 e. The van der Waals surface area contributed by atoms with E-state index in [2.05, 4.69) is 41.3 Å². The molecular weight excluding hydrogens is 514 g/mol. The van der Waals surface area contributed by atoms with Gasteiger partial charge < -0.3 is 4.90 Å². The molecule has 5 rings (SSSR count). The Hall–Kier alpha value is -2.19. The van der Waals surface area contributed by atoms with E-state index < -0.39 is 0 Å². The van der Waals surface area contributed by atoms with E-state index in [1.807, 2.05) is 37.3 Å². The molecule has 3 aromatic rings. The van der Waals surface area contributed by atoms with E-state index in [0.717, 1.165) is 38.7 Å². The lowest BCUT2D eigenvalue weighted by Gasteiger charge is -2.28. The Morgan fingerprint density at radius 2 is 1.74 bits per heavy atom. The summed E-state index contributed by atoms with van der Waals surface area (Å²) in [5.74, 6) is 0.0153. The number of carbonyl (C=O) groups excluding carboxylic acids is 1. The van der Waals surface area contributed by atoms with Crippen molar-refractivity contribution in [2.75, 3.05) is 24.5 Å². The van der Waals surface area contributed by atoms with Crippen LogP contribution in [0.4, 0.5) is 11.4 Å². The topological polar surface area (TPSA) is 35.9 Å². The second-order valence-corrected chi connectivity index (χ2v) is 12.3. The fourth-order valence-corrected chi connectivity index (χ4v) is 7.41. The first-order chi connectivity index (χ1) is 17.1. The normalized spacial score (nSPS) is 18.7. The largest absolute Gasteiger partial charge is 0.372 e. The number of hydrogen-bond donors (Lipinski definition) is 0. The Morgan fingerprint density at radius 1 is 1.00 bits per heavy atom. The summed E-state index contributed by atoms with van der Waals surface area (Å²) in [6.45, 7) is 4.83. The molecule has 2 aromatic carbocycles. The molecule has 3 heterocycles. The summed E-state index contributed by atoms with van der Waals surface area (Å²) < 4.78 is 1.17. The van der Waals surface area contributed by atoms with Crippen LogP contribution in [0.3, 0.4) is 0 Å². The highest BCUT2D eigenvalue weighted by Crippen LogP contribution is 2.38. The van der Waals surface area contributed by atoms with Gasteiger partial charge in [0, 0.05) is 40.1 Å². The van der Waals surface area contributed by atoms with Gasteiger partial charge in [0.25, 0.3) is 5.91 Å². The first-order valence-electron chi connectivity index (χ1n) is 11.8. The molecule has 0 aliphatic carbocycles. The van der Waals surface area contributed by atoms with Crippen molar-refractivity contribution >= 4 is 75.0 Å². The summed E-state index contributed by atoms with van der Waals surface area (Å²) in [6.07, 6.45) is 5.82. The van der Waals surface area contributed by atoms with Gasteiger partial charge >= 0.3 is 0 Å². The van der Waals surface area contributed by atoms with Crippen LogP contribution in [0.2, 0.25) is 5.02 Å². The molecule has 35 heavy (non-hydrogen) atoms. The molecule has 2 aliphatic heterocycles. The third-order valence-electron chi connectivity index (χ3n) is 5.91. The van der Waals surface area contributed by atoms with Crippen molar-refractivity contribution < 1.29 is 4.79 Å². The number of piperidine rings is 1. The van der Waals surface area contributed by atoms with Crippen LogP contribution in [0.15, 0.2) is 79.7 Å². The molecular formula is C27H26ClN3OS3. The molecule has 0 unspecified atom stereocenters. The van der Waals surface area contributed by atoms with Crippen molar-refractivity contribution in [2.45, 2.75) is 35.3 Å². The highest BCUT2D eigenvalue weighted by Gasteiger charge is 2.32. The van der Waals surface area contributed by atoms with Crippen molar-refractivity contribution in [1.29, 1.82) is 0 Å². The second-order valence-electron chi connectivity index (χ2n) is 8.33. The van der Waals surface area contributed by atoms with Crippen molar-refractivity contribution in [3.8, 4) is 0 Å². The van der Waals surface area contributed by atoms with Gasteiger partial charge in [0.15, 0.2) is 5.17 Å². The maximum atomic E-state index is 13.1. The van der Waals surface area contributed by atoms with E-state index in [0.29, 0.717) is 11.4 Å². The van der Waals surface area contributed by atoms with Crippen LogP contribution >= 0.6 is 46.5 Å². The Morgan fingerprint density at radius 3 is 2.46 bits per heavy atom. The maximum absolute atomic E-state index is 13.1. The van der Waals surface area contributed by atoms with E-state index in [-0.39, 0.29) is 5.91 Å². The third kappa shape index (κ3) is 5.97. The molecule has 1 aromatic heterocycles. The van der Waals surface area contributed by atoms with Crippen molar-refractivity contribution in [1.82, 2.24) is 4.90 Å². The number of benzene rings is 2. The number of anilines is 1. The fraction of sp³-hybridized carbons (Fsp3) is 0.259. The van der Waals surface area contributed by atoms with E-state index in [1.165, 1.54) is 40.9 Å². The predicted octanol–water partition coefficient (Wildman–Crippen LogP) is 8.17. The number of halogens is 1. The van der Waals surface area contributed by atoms with Crippen LogP contribution in [0.5, 0.6) is 0 Å². The molecule has 2 saturated heterocycles. The number of amidine groups is 1. The van der Waals surface area contributed by atoms with Gasteiger partial charge in [-0.1, -0.05) is 23.4 Å². The molecule has 0 saturated carbocycles. The highest BCUT2D eigenvalue weighted by molar-refractivity contribution is 8.18. The number of carbonyl (C=O) groups is 1. The minimum atomic E-state index is 0.0153. The summed E-state index contributed by atoms with van der Waals surface area (Å²) in [5.41, 5.74) is 2.13. The zero-order valence-corrected chi connectivity index (χ0v) is 22.7. The quantitative estimate of drug-likeness (QED) is 0.296. The van der Waals surface area contributed by atoms with Gasteiger partial charge in [-0.15, -0.1) is 11.3 Å². The van der Waals surface area contributed by atoms with Crippen molar-refractivity contribution in [3.63, 3.8) is 0 Å². The first kappa shape index (κ1) is 24.5. The summed E-state index contributed by atoms with van der Waals surface area (Å²) in [5, 5.41) is 1.47. The van der Waals surface area contributed by atoms with Gasteiger partial charge in [-0.3, -0.25) is 9.69 Å². The number of amides is 1. The average Bonchev–Trinajstić information content (AvgIpc) is 3.44. The Labute approximate surface area is 224 Å². The SMILES string of the molecule is CCN1C(=O)C(=Cc2ccc(Sc3ccc(Cl)cc3)s2)SC1=Nc1ccc(N2CCCCC2)cc1. The van der Waals surface area contributed by atoms with Crippen molar-refractivity contribution in [2.24, 2.45) is 4.99 Å². The van der Waals surface area contributed by atoms with Gasteiger partial charge in [-0.2, -0.15) is 0 Å². The molecule has 4 nitrogen and oxygen atoms in total. The molecule has 0 radical (unpaired) electrons. The summed E-state index contributed by atoms with van der Waals surface area (Å²) in [4.78, 5) is 25.0. The van der Waals surface area contributed by atoms with Crippen LogP contribution in [-0.4, -0.2) is 35.6 Å². The van der Waals surface area contributed by atoms with Crippen LogP contribution in [-0.2, 0) is 4.79 Å². The van der Waals surface area contributed by atoms with Crippen LogP contribution < -0.4 is 4.90 Å². The van der Waals surface area contributed by atoms with Crippen LogP contribution in [0.25, 0.3) is 6.08 Å². The summed E-state index contributed by atoms with van der Waals surface area (Å²) >= 11 is 10.8. The van der Waals surface area contributed by atoms with Gasteiger partial charge in [-0.05, 0) is 105 Å². The standard InChI is InChI=1S/C27H26ClN3OS3/c1-2-31-26(32)24(18-23-14-15-25(34-23)33-22-12-6-19(28)7-13-22)35-27(31)29-20-8-10-21(11-9-20)30-16-4-3-5-17-30/h6-15,18H,2-5,16-17H2,1H3. The first-order valence-corrected chi connectivity index (χ1v) is 14.6. The molecule has 2 aliphatic rings. The lowest BCUT2D eigenvalue weighted by Crippen LogP contribution is -2.29. The van der Waals surface area contributed by atoms with E-state index in [9.17, 15) is 4.79 Å². The zero-order valence-electron chi connectivity index (χ0n) is 19.4. The fourth-order valence-electron chi connectivity index (χ4n) is 4.09. The highest BCUT2D eigenvalue weighted by atomic mass is 35.5. The minimum Gasteiger partial charge on any atom is -0.372 e. The lowest BCUT2D eigenvalue weighted by atomic mass is 10.1. The number of nitrogens with zero attached hydrogens (tertiary/aromatic N) is 3. The van der Waals surface area contributed by atoms with Crippen LogP contribution in [0.1, 0.15) is 31.1 Å². The van der Waals surface area contributed by atoms with Gasteiger partial charge in [0.2, 0.25) is 0 Å². The van der Waals surface area contributed by atoms with Gasteiger partial charge in [-0.25, -0.2) is 4.99 Å². The Bertz CT molecular complexity index is 1250. The molecule has 8 heteroatoms. The smallest absolute Gasteiger partial charge is 0.266 e. The molecule has 1 amide bonds. The average molecular weight is 540 g/mol. The predicted molar refractivity (Wildman–Crippen MR) is 152 cm³/mol.